The fourth-order valence-corrected chi connectivity index (χ4v) is 1.13. The van der Waals surface area contributed by atoms with Crippen LogP contribution in [-0.4, -0.2) is 30.7 Å². The van der Waals surface area contributed by atoms with Crippen molar-refractivity contribution in [3.8, 4) is 0 Å². The Balaban J connectivity index is 2.12. The van der Waals surface area contributed by atoms with Crippen molar-refractivity contribution < 1.29 is 14.3 Å². The molecule has 4 heteroatoms. The van der Waals surface area contributed by atoms with E-state index < -0.39 is 5.38 Å². The molecule has 0 amide bonds. The second-order valence-electron chi connectivity index (χ2n) is 2.88. The average molecular weight is 193 g/mol. The fourth-order valence-electron chi connectivity index (χ4n) is 1.07. The summed E-state index contributed by atoms with van der Waals surface area (Å²) in [6.07, 6.45) is 2.12. The van der Waals surface area contributed by atoms with Crippen molar-refractivity contribution in [3.05, 3.63) is 0 Å². The van der Waals surface area contributed by atoms with Crippen LogP contribution in [0.15, 0.2) is 0 Å². The Morgan fingerprint density at radius 1 is 1.83 bits per heavy atom. The lowest BCUT2D eigenvalue weighted by Gasteiger charge is -2.10. The number of esters is 1. The number of hydrogen-bond acceptors (Lipinski definition) is 3. The van der Waals surface area contributed by atoms with E-state index in [4.69, 9.17) is 21.1 Å². The van der Waals surface area contributed by atoms with E-state index in [1.807, 2.05) is 0 Å². The van der Waals surface area contributed by atoms with Gasteiger partial charge in [-0.15, -0.1) is 11.6 Å². The van der Waals surface area contributed by atoms with Gasteiger partial charge in [0.25, 0.3) is 0 Å². The van der Waals surface area contributed by atoms with Gasteiger partial charge in [0.05, 0.1) is 6.10 Å². The van der Waals surface area contributed by atoms with Crippen molar-refractivity contribution in [2.24, 2.45) is 0 Å². The first-order valence-corrected chi connectivity index (χ1v) is 4.56. The van der Waals surface area contributed by atoms with Crippen LogP contribution in [0.25, 0.3) is 0 Å². The molecule has 0 spiro atoms. The monoisotopic (exact) mass is 192 g/mol. The van der Waals surface area contributed by atoms with Gasteiger partial charge in [0.1, 0.15) is 12.0 Å². The minimum atomic E-state index is -0.564. The van der Waals surface area contributed by atoms with E-state index in [1.165, 1.54) is 0 Å². The van der Waals surface area contributed by atoms with Gasteiger partial charge in [-0.25, -0.2) is 0 Å². The molecule has 1 fully saturated rings. The number of alkyl halides is 1. The molecule has 0 bridgehead atoms. The SMILES string of the molecule is CC(Cl)C(=O)OC[C@@H]1CCCO1. The highest BCUT2D eigenvalue weighted by Gasteiger charge is 2.18. The maximum atomic E-state index is 10.9. The van der Waals surface area contributed by atoms with Crippen molar-refractivity contribution in [2.75, 3.05) is 13.2 Å². The maximum absolute atomic E-state index is 10.9. The highest BCUT2D eigenvalue weighted by Crippen LogP contribution is 2.12. The van der Waals surface area contributed by atoms with Gasteiger partial charge in [-0.1, -0.05) is 0 Å². The van der Waals surface area contributed by atoms with Crippen LogP contribution in [0.5, 0.6) is 0 Å². The van der Waals surface area contributed by atoms with E-state index in [0.717, 1.165) is 19.4 Å². The first-order chi connectivity index (χ1) is 5.70. The Hall–Kier alpha value is -0.280. The summed E-state index contributed by atoms with van der Waals surface area (Å²) in [5.41, 5.74) is 0. The van der Waals surface area contributed by atoms with E-state index >= 15 is 0 Å². The van der Waals surface area contributed by atoms with Crippen molar-refractivity contribution >= 4 is 17.6 Å². The second kappa shape index (κ2) is 4.67. The minimum absolute atomic E-state index is 0.0874. The standard InChI is InChI=1S/C8H13ClO3/c1-6(9)8(10)12-5-7-3-2-4-11-7/h6-7H,2-5H2,1H3/t6?,7-/m0/s1. The molecular weight excluding hydrogens is 180 g/mol. The van der Waals surface area contributed by atoms with Gasteiger partial charge >= 0.3 is 5.97 Å². The van der Waals surface area contributed by atoms with Crippen LogP contribution in [-0.2, 0) is 14.3 Å². The molecule has 0 N–H and O–H groups in total. The molecule has 0 saturated carbocycles. The topological polar surface area (TPSA) is 35.5 Å². The molecule has 1 heterocycles. The van der Waals surface area contributed by atoms with Crippen LogP contribution in [0.3, 0.4) is 0 Å². The smallest absolute Gasteiger partial charge is 0.323 e. The molecule has 1 unspecified atom stereocenters. The fraction of sp³-hybridized carbons (Fsp3) is 0.875. The first kappa shape index (κ1) is 9.81. The van der Waals surface area contributed by atoms with E-state index in [0.29, 0.717) is 6.61 Å². The molecule has 0 aliphatic carbocycles. The minimum Gasteiger partial charge on any atom is -0.462 e. The van der Waals surface area contributed by atoms with Gasteiger partial charge in [0.15, 0.2) is 0 Å². The Kier molecular flexibility index (Phi) is 3.82. The molecular formula is C8H13ClO3. The van der Waals surface area contributed by atoms with Gasteiger partial charge < -0.3 is 9.47 Å². The molecule has 12 heavy (non-hydrogen) atoms. The molecule has 3 nitrogen and oxygen atoms in total. The molecule has 0 aromatic rings. The summed E-state index contributed by atoms with van der Waals surface area (Å²) in [5, 5.41) is -0.564. The zero-order valence-electron chi connectivity index (χ0n) is 7.09. The Labute approximate surface area is 77.0 Å². The average Bonchev–Trinajstić information content (AvgIpc) is 2.51. The predicted molar refractivity (Wildman–Crippen MR) is 45.2 cm³/mol. The zero-order chi connectivity index (χ0) is 8.97. The molecule has 0 aromatic carbocycles. The third kappa shape index (κ3) is 2.99. The molecule has 0 radical (unpaired) electrons. The summed E-state index contributed by atoms with van der Waals surface area (Å²) in [6, 6.07) is 0. The summed E-state index contributed by atoms with van der Waals surface area (Å²) in [7, 11) is 0. The summed E-state index contributed by atoms with van der Waals surface area (Å²) in [6.45, 7) is 2.72. The van der Waals surface area contributed by atoms with Gasteiger partial charge in [0, 0.05) is 6.61 Å². The highest BCUT2D eigenvalue weighted by atomic mass is 35.5. The van der Waals surface area contributed by atoms with Gasteiger partial charge in [-0.2, -0.15) is 0 Å². The Morgan fingerprint density at radius 2 is 2.58 bits per heavy atom. The van der Waals surface area contributed by atoms with E-state index in [2.05, 4.69) is 0 Å². The van der Waals surface area contributed by atoms with E-state index in [1.54, 1.807) is 6.92 Å². The lowest BCUT2D eigenvalue weighted by atomic mass is 10.2. The molecule has 70 valence electrons. The lowest BCUT2D eigenvalue weighted by molar-refractivity contribution is -0.146. The quantitative estimate of drug-likeness (QED) is 0.500. The zero-order valence-corrected chi connectivity index (χ0v) is 7.84. The molecule has 0 aromatic heterocycles. The first-order valence-electron chi connectivity index (χ1n) is 4.12. The van der Waals surface area contributed by atoms with Gasteiger partial charge in [-0.05, 0) is 19.8 Å². The van der Waals surface area contributed by atoms with Crippen LogP contribution < -0.4 is 0 Å². The third-order valence-electron chi connectivity index (χ3n) is 1.76. The summed E-state index contributed by atoms with van der Waals surface area (Å²) in [5.74, 6) is -0.368. The summed E-state index contributed by atoms with van der Waals surface area (Å²) >= 11 is 5.50. The third-order valence-corrected chi connectivity index (χ3v) is 1.94. The van der Waals surface area contributed by atoms with Crippen LogP contribution >= 0.6 is 11.6 Å². The van der Waals surface area contributed by atoms with Gasteiger partial charge in [-0.3, -0.25) is 4.79 Å². The van der Waals surface area contributed by atoms with Crippen molar-refractivity contribution in [3.63, 3.8) is 0 Å². The van der Waals surface area contributed by atoms with Crippen molar-refractivity contribution in [1.29, 1.82) is 0 Å². The van der Waals surface area contributed by atoms with E-state index in [9.17, 15) is 4.79 Å². The highest BCUT2D eigenvalue weighted by molar-refractivity contribution is 6.29. The number of hydrogen-bond donors (Lipinski definition) is 0. The Bertz CT molecular complexity index is 152. The number of carbonyl (C=O) groups is 1. The molecule has 1 saturated heterocycles. The molecule has 2 atom stereocenters. The van der Waals surface area contributed by atoms with Crippen LogP contribution in [0, 0.1) is 0 Å². The van der Waals surface area contributed by atoms with Crippen molar-refractivity contribution in [2.45, 2.75) is 31.2 Å². The largest absolute Gasteiger partial charge is 0.462 e. The number of halogens is 1. The summed E-state index contributed by atoms with van der Waals surface area (Å²) in [4.78, 5) is 10.9. The summed E-state index contributed by atoms with van der Waals surface area (Å²) < 4.78 is 10.2. The van der Waals surface area contributed by atoms with Crippen molar-refractivity contribution in [1.82, 2.24) is 0 Å². The van der Waals surface area contributed by atoms with Gasteiger partial charge in [0.2, 0.25) is 0 Å². The Morgan fingerprint density at radius 3 is 3.08 bits per heavy atom. The maximum Gasteiger partial charge on any atom is 0.323 e. The second-order valence-corrected chi connectivity index (χ2v) is 3.54. The van der Waals surface area contributed by atoms with Crippen LogP contribution in [0.1, 0.15) is 19.8 Å². The molecule has 1 aliphatic heterocycles. The predicted octanol–water partition coefficient (Wildman–Crippen LogP) is 1.34. The number of carbonyl (C=O) groups excluding carboxylic acids is 1. The number of ether oxygens (including phenoxy) is 2. The normalized spacial score (nSPS) is 25.3. The molecule has 1 rings (SSSR count). The molecule has 1 aliphatic rings. The number of rotatable bonds is 3. The van der Waals surface area contributed by atoms with Crippen LogP contribution in [0.2, 0.25) is 0 Å². The van der Waals surface area contributed by atoms with E-state index in [-0.39, 0.29) is 12.1 Å². The van der Waals surface area contributed by atoms with Crippen LogP contribution in [0.4, 0.5) is 0 Å². The lowest BCUT2D eigenvalue weighted by Crippen LogP contribution is -2.21.